The average molecular weight is 389 g/mol. The lowest BCUT2D eigenvalue weighted by molar-refractivity contribution is 0.0945. The van der Waals surface area contributed by atoms with Crippen molar-refractivity contribution in [2.75, 3.05) is 12.4 Å². The largest absolute Gasteiger partial charge is 0.496 e. The van der Waals surface area contributed by atoms with Gasteiger partial charge in [-0.25, -0.2) is 0 Å². The van der Waals surface area contributed by atoms with Gasteiger partial charge < -0.3 is 15.4 Å². The highest BCUT2D eigenvalue weighted by Gasteiger charge is 2.13. The molecule has 3 rings (SSSR count). The van der Waals surface area contributed by atoms with Gasteiger partial charge in [0, 0.05) is 29.6 Å². The third-order valence-corrected chi connectivity index (χ3v) is 4.53. The van der Waals surface area contributed by atoms with E-state index in [9.17, 15) is 9.59 Å². The first kappa shape index (κ1) is 20.1. The van der Waals surface area contributed by atoms with Crippen molar-refractivity contribution in [3.05, 3.63) is 88.7 Å². The van der Waals surface area contributed by atoms with Gasteiger partial charge >= 0.3 is 0 Å². The number of carbonyl (C=O) groups excluding carboxylic acids is 2. The zero-order valence-electron chi connectivity index (χ0n) is 16.7. The molecule has 0 fully saturated rings. The van der Waals surface area contributed by atoms with Crippen LogP contribution < -0.4 is 15.4 Å². The molecule has 0 atom stereocenters. The minimum atomic E-state index is -0.364. The van der Waals surface area contributed by atoms with E-state index < -0.39 is 0 Å². The van der Waals surface area contributed by atoms with Crippen LogP contribution in [0.25, 0.3) is 0 Å². The molecule has 0 aliphatic heterocycles. The SMILES string of the molecule is COc1ccccc1CNC(=O)c1cc(C(=O)Nc2cc(C)ccc2C)ccn1. The Morgan fingerprint density at radius 1 is 1.00 bits per heavy atom. The molecule has 0 radical (unpaired) electrons. The normalized spacial score (nSPS) is 10.3. The molecule has 2 N–H and O–H groups in total. The predicted molar refractivity (Wildman–Crippen MR) is 112 cm³/mol. The van der Waals surface area contributed by atoms with Crippen LogP contribution in [0.1, 0.15) is 37.5 Å². The molecule has 0 unspecified atom stereocenters. The van der Waals surface area contributed by atoms with Gasteiger partial charge in [0.15, 0.2) is 0 Å². The molecule has 0 spiro atoms. The molecule has 2 aromatic carbocycles. The first-order chi connectivity index (χ1) is 14.0. The van der Waals surface area contributed by atoms with Gasteiger partial charge in [0.05, 0.1) is 7.11 Å². The van der Waals surface area contributed by atoms with E-state index in [1.54, 1.807) is 13.2 Å². The molecule has 2 amide bonds. The van der Waals surface area contributed by atoms with E-state index in [0.717, 1.165) is 22.4 Å². The van der Waals surface area contributed by atoms with Crippen LogP contribution in [0.15, 0.2) is 60.8 Å². The first-order valence-electron chi connectivity index (χ1n) is 9.22. The third-order valence-electron chi connectivity index (χ3n) is 4.53. The average Bonchev–Trinajstić information content (AvgIpc) is 2.74. The number of amides is 2. The quantitative estimate of drug-likeness (QED) is 0.670. The maximum absolute atomic E-state index is 12.6. The third kappa shape index (κ3) is 4.99. The fraction of sp³-hybridized carbons (Fsp3) is 0.174. The molecule has 29 heavy (non-hydrogen) atoms. The Morgan fingerprint density at radius 2 is 1.79 bits per heavy atom. The maximum Gasteiger partial charge on any atom is 0.270 e. The number of anilines is 1. The van der Waals surface area contributed by atoms with Crippen molar-refractivity contribution in [3.63, 3.8) is 0 Å². The molecule has 0 aliphatic rings. The zero-order chi connectivity index (χ0) is 20.8. The van der Waals surface area contributed by atoms with Gasteiger partial charge in [-0.1, -0.05) is 30.3 Å². The number of hydrogen-bond donors (Lipinski definition) is 2. The highest BCUT2D eigenvalue weighted by molar-refractivity contribution is 6.06. The van der Waals surface area contributed by atoms with Crippen LogP contribution >= 0.6 is 0 Å². The van der Waals surface area contributed by atoms with Crippen molar-refractivity contribution in [2.24, 2.45) is 0 Å². The van der Waals surface area contributed by atoms with Gasteiger partial charge in [0.1, 0.15) is 11.4 Å². The predicted octanol–water partition coefficient (Wildman–Crippen LogP) is 3.89. The first-order valence-corrected chi connectivity index (χ1v) is 9.22. The number of para-hydroxylation sites is 1. The van der Waals surface area contributed by atoms with Crippen LogP contribution in [0.4, 0.5) is 5.69 Å². The topological polar surface area (TPSA) is 80.3 Å². The van der Waals surface area contributed by atoms with Crippen LogP contribution in [0, 0.1) is 13.8 Å². The molecule has 1 heterocycles. The molecular formula is C23H23N3O3. The number of aromatic nitrogens is 1. The summed E-state index contributed by atoms with van der Waals surface area (Å²) in [6.07, 6.45) is 1.45. The molecule has 148 valence electrons. The van der Waals surface area contributed by atoms with E-state index in [4.69, 9.17) is 4.74 Å². The van der Waals surface area contributed by atoms with Crippen molar-refractivity contribution in [3.8, 4) is 5.75 Å². The summed E-state index contributed by atoms with van der Waals surface area (Å²) < 4.78 is 5.29. The Morgan fingerprint density at radius 3 is 2.59 bits per heavy atom. The minimum Gasteiger partial charge on any atom is -0.496 e. The monoisotopic (exact) mass is 389 g/mol. The summed E-state index contributed by atoms with van der Waals surface area (Å²) in [6, 6.07) is 16.4. The Hall–Kier alpha value is -3.67. The Balaban J connectivity index is 1.70. The molecule has 0 saturated heterocycles. The number of nitrogens with zero attached hydrogens (tertiary/aromatic N) is 1. The summed E-state index contributed by atoms with van der Waals surface area (Å²) in [4.78, 5) is 29.2. The van der Waals surface area contributed by atoms with E-state index >= 15 is 0 Å². The lowest BCUT2D eigenvalue weighted by atomic mass is 10.1. The lowest BCUT2D eigenvalue weighted by Crippen LogP contribution is -2.24. The molecule has 0 bridgehead atoms. The number of rotatable bonds is 6. The number of benzene rings is 2. The van der Waals surface area contributed by atoms with Crippen molar-refractivity contribution in [1.29, 1.82) is 0 Å². The Labute approximate surface area is 169 Å². The van der Waals surface area contributed by atoms with E-state index in [1.807, 2.05) is 56.3 Å². The fourth-order valence-corrected chi connectivity index (χ4v) is 2.88. The number of pyridine rings is 1. The molecule has 3 aromatic rings. The van der Waals surface area contributed by atoms with Gasteiger partial charge in [-0.3, -0.25) is 14.6 Å². The minimum absolute atomic E-state index is 0.175. The second-order valence-corrected chi connectivity index (χ2v) is 6.70. The van der Waals surface area contributed by atoms with Crippen LogP contribution in [0.5, 0.6) is 5.75 Å². The number of ether oxygens (including phenoxy) is 1. The standard InChI is InChI=1S/C23H23N3O3/c1-15-8-9-16(2)19(12-15)26-22(27)17-10-11-24-20(13-17)23(28)25-14-18-6-4-5-7-21(18)29-3/h4-13H,14H2,1-3H3,(H,25,28)(H,26,27). The van der Waals surface area contributed by atoms with Crippen molar-refractivity contribution in [2.45, 2.75) is 20.4 Å². The summed E-state index contributed by atoms with van der Waals surface area (Å²) in [5.74, 6) is 0.0413. The summed E-state index contributed by atoms with van der Waals surface area (Å²) in [5, 5.41) is 5.70. The molecular weight excluding hydrogens is 366 g/mol. The number of methoxy groups -OCH3 is 1. The molecule has 0 aliphatic carbocycles. The van der Waals surface area contributed by atoms with Gasteiger partial charge in [-0.05, 0) is 49.2 Å². The van der Waals surface area contributed by atoms with Crippen LogP contribution in [0.2, 0.25) is 0 Å². The van der Waals surface area contributed by atoms with E-state index in [-0.39, 0.29) is 17.5 Å². The zero-order valence-corrected chi connectivity index (χ0v) is 16.7. The number of carbonyl (C=O) groups is 2. The van der Waals surface area contributed by atoms with Crippen LogP contribution in [-0.2, 0) is 6.54 Å². The number of hydrogen-bond acceptors (Lipinski definition) is 4. The van der Waals surface area contributed by atoms with Gasteiger partial charge in [-0.15, -0.1) is 0 Å². The molecule has 6 nitrogen and oxygen atoms in total. The van der Waals surface area contributed by atoms with Crippen molar-refractivity contribution in [1.82, 2.24) is 10.3 Å². The summed E-state index contributed by atoms with van der Waals surface area (Å²) in [7, 11) is 1.58. The van der Waals surface area contributed by atoms with Crippen LogP contribution in [-0.4, -0.2) is 23.9 Å². The summed E-state index contributed by atoms with van der Waals surface area (Å²) >= 11 is 0. The van der Waals surface area contributed by atoms with Gasteiger partial charge in [-0.2, -0.15) is 0 Å². The molecule has 6 heteroatoms. The smallest absolute Gasteiger partial charge is 0.270 e. The highest BCUT2D eigenvalue weighted by Crippen LogP contribution is 2.18. The molecule has 1 aromatic heterocycles. The number of aryl methyl sites for hydroxylation is 2. The van der Waals surface area contributed by atoms with E-state index in [2.05, 4.69) is 15.6 Å². The lowest BCUT2D eigenvalue weighted by Gasteiger charge is -2.11. The highest BCUT2D eigenvalue weighted by atomic mass is 16.5. The van der Waals surface area contributed by atoms with E-state index in [1.165, 1.54) is 12.3 Å². The molecule has 0 saturated carbocycles. The maximum atomic E-state index is 12.6. The van der Waals surface area contributed by atoms with Gasteiger partial charge in [0.25, 0.3) is 11.8 Å². The second kappa shape index (κ2) is 9.01. The Bertz CT molecular complexity index is 1050. The fourth-order valence-electron chi connectivity index (χ4n) is 2.88. The Kier molecular flexibility index (Phi) is 6.24. The van der Waals surface area contributed by atoms with Gasteiger partial charge in [0.2, 0.25) is 0 Å². The van der Waals surface area contributed by atoms with Crippen LogP contribution in [0.3, 0.4) is 0 Å². The van der Waals surface area contributed by atoms with Crippen molar-refractivity contribution >= 4 is 17.5 Å². The number of nitrogens with one attached hydrogen (secondary N) is 2. The van der Waals surface area contributed by atoms with E-state index in [0.29, 0.717) is 17.9 Å². The van der Waals surface area contributed by atoms with Crippen molar-refractivity contribution < 1.29 is 14.3 Å². The summed E-state index contributed by atoms with van der Waals surface area (Å²) in [6.45, 7) is 4.19. The summed E-state index contributed by atoms with van der Waals surface area (Å²) in [5.41, 5.74) is 4.16. The second-order valence-electron chi connectivity index (χ2n) is 6.70.